The highest BCUT2D eigenvalue weighted by atomic mass is 35.5. The first kappa shape index (κ1) is 19.1. The highest BCUT2D eigenvalue weighted by Crippen LogP contribution is 2.29. The second-order valence-electron chi connectivity index (χ2n) is 5.57. The number of ether oxygens (including phenoxy) is 1. The molecule has 0 saturated heterocycles. The van der Waals surface area contributed by atoms with Gasteiger partial charge in [0.05, 0.1) is 18.4 Å². The number of amides is 1. The van der Waals surface area contributed by atoms with Crippen LogP contribution < -0.4 is 14.8 Å². The fourth-order valence-electron chi connectivity index (χ4n) is 2.17. The summed E-state index contributed by atoms with van der Waals surface area (Å²) in [5.41, 5.74) is 0.392. The molecule has 0 spiro atoms. The van der Waals surface area contributed by atoms with E-state index in [0.29, 0.717) is 0 Å². The van der Waals surface area contributed by atoms with E-state index in [9.17, 15) is 13.2 Å². The molecule has 0 heterocycles. The van der Waals surface area contributed by atoms with Crippen LogP contribution >= 0.6 is 11.6 Å². The van der Waals surface area contributed by atoms with Gasteiger partial charge in [-0.3, -0.25) is 9.52 Å². The maximum atomic E-state index is 12.7. The van der Waals surface area contributed by atoms with Crippen LogP contribution in [0.1, 0.15) is 24.2 Å². The van der Waals surface area contributed by atoms with Gasteiger partial charge >= 0.3 is 0 Å². The van der Waals surface area contributed by atoms with Crippen LogP contribution in [0.3, 0.4) is 0 Å². The lowest BCUT2D eigenvalue weighted by Gasteiger charge is -2.15. The molecule has 0 aromatic heterocycles. The number of nitrogens with one attached hydrogen (secondary N) is 2. The Morgan fingerprint density at radius 1 is 1.16 bits per heavy atom. The second kappa shape index (κ2) is 7.76. The maximum Gasteiger partial charge on any atom is 0.265 e. The summed E-state index contributed by atoms with van der Waals surface area (Å²) in [7, 11) is -2.64. The molecule has 0 saturated carbocycles. The lowest BCUT2D eigenvalue weighted by Crippen LogP contribution is -2.31. The quantitative estimate of drug-likeness (QED) is 0.802. The van der Waals surface area contributed by atoms with Crippen molar-refractivity contribution in [1.82, 2.24) is 5.32 Å². The van der Waals surface area contributed by atoms with E-state index in [-0.39, 0.29) is 38.9 Å². The molecule has 0 aliphatic carbocycles. The number of sulfonamides is 1. The molecule has 134 valence electrons. The molecule has 8 heteroatoms. The molecule has 6 nitrogen and oxygen atoms in total. The molecule has 2 aromatic rings. The fourth-order valence-corrected chi connectivity index (χ4v) is 3.68. The number of anilines is 1. The number of para-hydroxylation sites is 1. The highest BCUT2D eigenvalue weighted by molar-refractivity contribution is 7.92. The Kier molecular flexibility index (Phi) is 5.92. The van der Waals surface area contributed by atoms with Crippen LogP contribution in [0.15, 0.2) is 47.4 Å². The monoisotopic (exact) mass is 382 g/mol. The van der Waals surface area contributed by atoms with E-state index >= 15 is 0 Å². The molecule has 2 aromatic carbocycles. The molecule has 0 unspecified atom stereocenters. The first-order valence-corrected chi connectivity index (χ1v) is 9.37. The van der Waals surface area contributed by atoms with Crippen molar-refractivity contribution in [2.45, 2.75) is 24.8 Å². The highest BCUT2D eigenvalue weighted by Gasteiger charge is 2.22. The van der Waals surface area contributed by atoms with Crippen LogP contribution in [-0.2, 0) is 10.0 Å². The average Bonchev–Trinajstić information content (AvgIpc) is 2.54. The summed E-state index contributed by atoms with van der Waals surface area (Å²) in [5.74, 6) is -0.215. The van der Waals surface area contributed by atoms with Gasteiger partial charge in [0, 0.05) is 11.1 Å². The number of rotatable bonds is 6. The minimum absolute atomic E-state index is 0.0785. The largest absolute Gasteiger partial charge is 0.495 e. The van der Waals surface area contributed by atoms with Crippen LogP contribution in [-0.4, -0.2) is 27.5 Å². The Labute approximate surface area is 152 Å². The minimum Gasteiger partial charge on any atom is -0.495 e. The van der Waals surface area contributed by atoms with E-state index in [1.807, 2.05) is 13.8 Å². The molecule has 25 heavy (non-hydrogen) atoms. The van der Waals surface area contributed by atoms with Gasteiger partial charge in [-0.15, -0.1) is 0 Å². The molecule has 0 atom stereocenters. The molecular formula is C17H19ClN2O4S. The molecule has 0 aliphatic heterocycles. The van der Waals surface area contributed by atoms with Crippen LogP contribution in [0.2, 0.25) is 5.02 Å². The Balaban J connectivity index is 2.43. The summed E-state index contributed by atoms with van der Waals surface area (Å²) in [4.78, 5) is 12.2. The lowest BCUT2D eigenvalue weighted by atomic mass is 10.1. The van der Waals surface area contributed by atoms with Crippen molar-refractivity contribution < 1.29 is 17.9 Å². The summed E-state index contributed by atoms with van der Waals surface area (Å²) in [5, 5.41) is 2.99. The van der Waals surface area contributed by atoms with Gasteiger partial charge in [0.2, 0.25) is 0 Å². The number of benzene rings is 2. The third-order valence-electron chi connectivity index (χ3n) is 3.25. The summed E-state index contributed by atoms with van der Waals surface area (Å²) in [6.07, 6.45) is 0. The first-order chi connectivity index (χ1) is 11.7. The van der Waals surface area contributed by atoms with Crippen LogP contribution in [0.4, 0.5) is 5.69 Å². The van der Waals surface area contributed by atoms with E-state index in [0.717, 1.165) is 0 Å². The number of carbonyl (C=O) groups is 1. The van der Waals surface area contributed by atoms with Gasteiger partial charge < -0.3 is 10.1 Å². The smallest absolute Gasteiger partial charge is 0.265 e. The zero-order chi connectivity index (χ0) is 18.6. The Hall–Kier alpha value is -2.25. The Morgan fingerprint density at radius 3 is 2.48 bits per heavy atom. The predicted molar refractivity (Wildman–Crippen MR) is 97.9 cm³/mol. The SMILES string of the molecule is COc1ccc(Cl)cc1S(=O)(=O)Nc1ccccc1C(=O)NC(C)C. The standard InChI is InChI=1S/C17H19ClN2O4S/c1-11(2)19-17(21)13-6-4-5-7-14(13)20-25(22,23)16-10-12(18)8-9-15(16)24-3/h4-11,20H,1-3H3,(H,19,21). The molecule has 1 amide bonds. The van der Waals surface area contributed by atoms with Crippen molar-refractivity contribution >= 4 is 33.2 Å². The van der Waals surface area contributed by atoms with Crippen LogP contribution in [0.25, 0.3) is 0 Å². The third-order valence-corrected chi connectivity index (χ3v) is 4.87. The van der Waals surface area contributed by atoms with Crippen molar-refractivity contribution in [3.63, 3.8) is 0 Å². The van der Waals surface area contributed by atoms with E-state index in [4.69, 9.17) is 16.3 Å². The van der Waals surface area contributed by atoms with E-state index in [1.165, 1.54) is 31.4 Å². The number of halogens is 1. The minimum atomic E-state index is -4.00. The third kappa shape index (κ3) is 4.64. The van der Waals surface area contributed by atoms with Crippen molar-refractivity contribution in [2.75, 3.05) is 11.8 Å². The van der Waals surface area contributed by atoms with E-state index in [2.05, 4.69) is 10.0 Å². The van der Waals surface area contributed by atoms with Gasteiger partial charge in [-0.2, -0.15) is 0 Å². The molecule has 0 fully saturated rings. The van der Waals surface area contributed by atoms with Crippen molar-refractivity contribution in [3.8, 4) is 5.75 Å². The molecular weight excluding hydrogens is 364 g/mol. The number of carbonyl (C=O) groups excluding carboxylic acids is 1. The van der Waals surface area contributed by atoms with Crippen LogP contribution in [0, 0.1) is 0 Å². The van der Waals surface area contributed by atoms with E-state index < -0.39 is 10.0 Å². The summed E-state index contributed by atoms with van der Waals surface area (Å²) >= 11 is 5.91. The molecule has 0 radical (unpaired) electrons. The topological polar surface area (TPSA) is 84.5 Å². The van der Waals surface area contributed by atoms with Crippen LogP contribution in [0.5, 0.6) is 5.75 Å². The lowest BCUT2D eigenvalue weighted by molar-refractivity contribution is 0.0944. The van der Waals surface area contributed by atoms with Crippen molar-refractivity contribution in [3.05, 3.63) is 53.1 Å². The summed E-state index contributed by atoms with van der Waals surface area (Å²) < 4.78 is 33.0. The van der Waals surface area contributed by atoms with Gasteiger partial charge in [-0.05, 0) is 44.2 Å². The normalized spacial score (nSPS) is 11.2. The first-order valence-electron chi connectivity index (χ1n) is 7.51. The zero-order valence-corrected chi connectivity index (χ0v) is 15.6. The number of methoxy groups -OCH3 is 1. The fraction of sp³-hybridized carbons (Fsp3) is 0.235. The number of hydrogen-bond donors (Lipinski definition) is 2. The Bertz CT molecular complexity index is 882. The second-order valence-corrected chi connectivity index (χ2v) is 7.66. The summed E-state index contributed by atoms with van der Waals surface area (Å²) in [6, 6.07) is 10.6. The van der Waals surface area contributed by atoms with Gasteiger partial charge in [0.15, 0.2) is 0 Å². The van der Waals surface area contributed by atoms with E-state index in [1.54, 1.807) is 18.2 Å². The summed E-state index contributed by atoms with van der Waals surface area (Å²) in [6.45, 7) is 3.64. The van der Waals surface area contributed by atoms with Gasteiger partial charge in [0.25, 0.3) is 15.9 Å². The maximum absolute atomic E-state index is 12.7. The average molecular weight is 383 g/mol. The van der Waals surface area contributed by atoms with Crippen molar-refractivity contribution in [2.24, 2.45) is 0 Å². The molecule has 2 rings (SSSR count). The molecule has 0 aliphatic rings. The predicted octanol–water partition coefficient (Wildman–Crippen LogP) is 3.29. The van der Waals surface area contributed by atoms with Gasteiger partial charge in [-0.25, -0.2) is 8.42 Å². The number of hydrogen-bond acceptors (Lipinski definition) is 4. The van der Waals surface area contributed by atoms with Crippen molar-refractivity contribution in [1.29, 1.82) is 0 Å². The molecule has 2 N–H and O–H groups in total. The Morgan fingerprint density at radius 2 is 1.84 bits per heavy atom. The molecule has 0 bridgehead atoms. The van der Waals surface area contributed by atoms with Gasteiger partial charge in [0.1, 0.15) is 10.6 Å². The van der Waals surface area contributed by atoms with Gasteiger partial charge in [-0.1, -0.05) is 23.7 Å². The zero-order valence-electron chi connectivity index (χ0n) is 14.0.